The SMILES string of the molecule is CC1CCC(NS(=O)(=O)c2ccc3[nH]c(=O)[nH]c3c2)C1. The van der Waals surface area contributed by atoms with Crippen LogP contribution in [-0.4, -0.2) is 24.4 Å². The minimum Gasteiger partial charge on any atom is -0.306 e. The molecule has 0 spiro atoms. The van der Waals surface area contributed by atoms with E-state index in [4.69, 9.17) is 0 Å². The lowest BCUT2D eigenvalue weighted by molar-refractivity contribution is 0.538. The molecule has 6 nitrogen and oxygen atoms in total. The van der Waals surface area contributed by atoms with Gasteiger partial charge in [0.2, 0.25) is 10.0 Å². The van der Waals surface area contributed by atoms with Crippen LogP contribution in [0.15, 0.2) is 27.9 Å². The van der Waals surface area contributed by atoms with Crippen molar-refractivity contribution >= 4 is 21.1 Å². The van der Waals surface area contributed by atoms with E-state index in [0.717, 1.165) is 19.3 Å². The predicted molar refractivity (Wildman–Crippen MR) is 76.0 cm³/mol. The molecule has 0 radical (unpaired) electrons. The summed E-state index contributed by atoms with van der Waals surface area (Å²) >= 11 is 0. The molecule has 108 valence electrons. The van der Waals surface area contributed by atoms with Crippen molar-refractivity contribution < 1.29 is 8.42 Å². The molecule has 1 aliphatic rings. The Balaban J connectivity index is 1.90. The van der Waals surface area contributed by atoms with Crippen molar-refractivity contribution in [1.29, 1.82) is 0 Å². The van der Waals surface area contributed by atoms with Gasteiger partial charge in [-0.2, -0.15) is 0 Å². The van der Waals surface area contributed by atoms with E-state index >= 15 is 0 Å². The lowest BCUT2D eigenvalue weighted by Gasteiger charge is -2.13. The smallest absolute Gasteiger partial charge is 0.306 e. The van der Waals surface area contributed by atoms with Crippen LogP contribution in [0.2, 0.25) is 0 Å². The van der Waals surface area contributed by atoms with Crippen molar-refractivity contribution in [3.63, 3.8) is 0 Å². The zero-order chi connectivity index (χ0) is 14.3. The fourth-order valence-electron chi connectivity index (χ4n) is 2.78. The predicted octanol–water partition coefficient (Wildman–Crippen LogP) is 1.32. The first-order chi connectivity index (χ1) is 9.44. The van der Waals surface area contributed by atoms with Crippen LogP contribution >= 0.6 is 0 Å². The topological polar surface area (TPSA) is 94.8 Å². The van der Waals surface area contributed by atoms with Crippen LogP contribution in [0.25, 0.3) is 11.0 Å². The monoisotopic (exact) mass is 295 g/mol. The molecule has 3 rings (SSSR count). The molecule has 1 saturated carbocycles. The molecular weight excluding hydrogens is 278 g/mol. The molecule has 3 N–H and O–H groups in total. The van der Waals surface area contributed by atoms with E-state index in [-0.39, 0.29) is 16.6 Å². The maximum absolute atomic E-state index is 12.3. The number of aromatic amines is 2. The number of aromatic nitrogens is 2. The molecule has 1 heterocycles. The Bertz CT molecular complexity index is 791. The number of nitrogens with one attached hydrogen (secondary N) is 3. The van der Waals surface area contributed by atoms with Gasteiger partial charge in [-0.1, -0.05) is 6.92 Å². The van der Waals surface area contributed by atoms with Crippen LogP contribution in [0.3, 0.4) is 0 Å². The number of fused-ring (bicyclic) bond motifs is 1. The molecule has 1 aromatic heterocycles. The minimum absolute atomic E-state index is 0.0102. The third kappa shape index (κ3) is 2.51. The third-order valence-electron chi connectivity index (χ3n) is 3.81. The van der Waals surface area contributed by atoms with Gasteiger partial charge in [-0.25, -0.2) is 17.9 Å². The van der Waals surface area contributed by atoms with Crippen LogP contribution in [0.5, 0.6) is 0 Å². The molecule has 2 atom stereocenters. The first-order valence-corrected chi connectivity index (χ1v) is 8.17. The molecule has 2 unspecified atom stereocenters. The molecule has 0 saturated heterocycles. The van der Waals surface area contributed by atoms with E-state index in [1.54, 1.807) is 6.07 Å². The summed E-state index contributed by atoms with van der Waals surface area (Å²) in [5, 5.41) is 0. The Hall–Kier alpha value is -1.60. The van der Waals surface area contributed by atoms with Gasteiger partial charge in [0, 0.05) is 6.04 Å². The number of imidazole rings is 1. The Kier molecular flexibility index (Phi) is 3.18. The van der Waals surface area contributed by atoms with Crippen molar-refractivity contribution in [3.8, 4) is 0 Å². The number of rotatable bonds is 3. The average molecular weight is 295 g/mol. The molecule has 2 aromatic rings. The van der Waals surface area contributed by atoms with Gasteiger partial charge in [0.05, 0.1) is 15.9 Å². The molecule has 0 bridgehead atoms. The summed E-state index contributed by atoms with van der Waals surface area (Å²) in [5.41, 5.74) is 0.758. The van der Waals surface area contributed by atoms with Crippen molar-refractivity contribution in [1.82, 2.24) is 14.7 Å². The van der Waals surface area contributed by atoms with E-state index in [2.05, 4.69) is 21.6 Å². The maximum atomic E-state index is 12.3. The molecule has 1 aliphatic carbocycles. The largest absolute Gasteiger partial charge is 0.323 e. The first-order valence-electron chi connectivity index (χ1n) is 6.68. The maximum Gasteiger partial charge on any atom is 0.323 e. The number of hydrogen-bond acceptors (Lipinski definition) is 3. The van der Waals surface area contributed by atoms with Gasteiger partial charge in [-0.05, 0) is 43.4 Å². The molecule has 0 amide bonds. The van der Waals surface area contributed by atoms with Crippen LogP contribution in [0.1, 0.15) is 26.2 Å². The molecular formula is C13H17N3O3S. The molecule has 7 heteroatoms. The van der Waals surface area contributed by atoms with Crippen molar-refractivity contribution in [3.05, 3.63) is 28.7 Å². The second-order valence-electron chi connectivity index (χ2n) is 5.52. The molecule has 1 aromatic carbocycles. The summed E-state index contributed by atoms with van der Waals surface area (Å²) in [5.74, 6) is 0.561. The van der Waals surface area contributed by atoms with E-state index < -0.39 is 10.0 Å². The number of benzene rings is 1. The van der Waals surface area contributed by atoms with Crippen molar-refractivity contribution in [2.24, 2.45) is 5.92 Å². The van der Waals surface area contributed by atoms with Crippen molar-refractivity contribution in [2.45, 2.75) is 37.1 Å². The number of sulfonamides is 1. The van der Waals surface area contributed by atoms with Gasteiger partial charge in [-0.3, -0.25) is 0 Å². The highest BCUT2D eigenvalue weighted by Crippen LogP contribution is 2.26. The summed E-state index contributed by atoms with van der Waals surface area (Å²) in [6, 6.07) is 4.59. The zero-order valence-electron chi connectivity index (χ0n) is 11.1. The van der Waals surface area contributed by atoms with Crippen molar-refractivity contribution in [2.75, 3.05) is 0 Å². The third-order valence-corrected chi connectivity index (χ3v) is 5.33. The first kappa shape index (κ1) is 13.4. The van der Waals surface area contributed by atoms with Crippen LogP contribution < -0.4 is 10.4 Å². The summed E-state index contributed by atoms with van der Waals surface area (Å²) in [7, 11) is -3.54. The average Bonchev–Trinajstić information content (AvgIpc) is 2.92. The number of H-pyrrole nitrogens is 2. The number of hydrogen-bond donors (Lipinski definition) is 3. The van der Waals surface area contributed by atoms with Gasteiger partial charge in [0.1, 0.15) is 0 Å². The normalized spacial score (nSPS) is 23.4. The standard InChI is InChI=1S/C13H17N3O3S/c1-8-2-3-9(6-8)16-20(18,19)10-4-5-11-12(7-10)15-13(17)14-11/h4-5,7-9,16H,2-3,6H2,1H3,(H2,14,15,17). The van der Waals surface area contributed by atoms with Crippen LogP contribution in [0, 0.1) is 5.92 Å². The fraction of sp³-hybridized carbons (Fsp3) is 0.462. The lowest BCUT2D eigenvalue weighted by atomic mass is 10.1. The van der Waals surface area contributed by atoms with E-state index in [9.17, 15) is 13.2 Å². The van der Waals surface area contributed by atoms with E-state index in [0.29, 0.717) is 17.0 Å². The summed E-state index contributed by atoms with van der Waals surface area (Å²) in [6.07, 6.45) is 2.81. The molecule has 20 heavy (non-hydrogen) atoms. The molecule has 1 fully saturated rings. The zero-order valence-corrected chi connectivity index (χ0v) is 12.0. The highest BCUT2D eigenvalue weighted by molar-refractivity contribution is 7.89. The van der Waals surface area contributed by atoms with E-state index in [1.807, 2.05) is 0 Å². The minimum atomic E-state index is -3.54. The second-order valence-corrected chi connectivity index (χ2v) is 7.24. The Morgan fingerprint density at radius 1 is 1.20 bits per heavy atom. The quantitative estimate of drug-likeness (QED) is 0.797. The van der Waals surface area contributed by atoms with Gasteiger partial charge in [0.15, 0.2) is 0 Å². The summed E-state index contributed by atoms with van der Waals surface area (Å²) in [6.45, 7) is 2.13. The highest BCUT2D eigenvalue weighted by Gasteiger charge is 2.26. The summed E-state index contributed by atoms with van der Waals surface area (Å²) in [4.78, 5) is 16.5. The van der Waals surface area contributed by atoms with Gasteiger partial charge in [-0.15, -0.1) is 0 Å². The van der Waals surface area contributed by atoms with Gasteiger partial charge >= 0.3 is 5.69 Å². The Morgan fingerprint density at radius 3 is 2.65 bits per heavy atom. The van der Waals surface area contributed by atoms with Gasteiger partial charge in [0.25, 0.3) is 0 Å². The fourth-order valence-corrected chi connectivity index (χ4v) is 4.09. The van der Waals surface area contributed by atoms with Crippen LogP contribution in [-0.2, 0) is 10.0 Å². The Labute approximate surface area is 116 Å². The van der Waals surface area contributed by atoms with Crippen LogP contribution in [0.4, 0.5) is 0 Å². The van der Waals surface area contributed by atoms with E-state index in [1.165, 1.54) is 12.1 Å². The molecule has 0 aliphatic heterocycles. The lowest BCUT2D eigenvalue weighted by Crippen LogP contribution is -2.32. The Morgan fingerprint density at radius 2 is 1.95 bits per heavy atom. The van der Waals surface area contributed by atoms with Gasteiger partial charge < -0.3 is 9.97 Å². The highest BCUT2D eigenvalue weighted by atomic mass is 32.2. The summed E-state index contributed by atoms with van der Waals surface area (Å²) < 4.78 is 27.4. The second kappa shape index (κ2) is 4.75.